The first kappa shape index (κ1) is 14.1. The lowest BCUT2D eigenvalue weighted by atomic mass is 10.2. The predicted octanol–water partition coefficient (Wildman–Crippen LogP) is 2.34. The molecule has 0 aliphatic rings. The highest BCUT2D eigenvalue weighted by molar-refractivity contribution is 5.77. The quantitative estimate of drug-likeness (QED) is 0.786. The second-order valence-corrected chi connectivity index (χ2v) is 5.08. The third-order valence-electron chi connectivity index (χ3n) is 3.24. The van der Waals surface area contributed by atoms with Crippen molar-refractivity contribution in [3.05, 3.63) is 66.1 Å². The molecule has 1 aromatic carbocycles. The van der Waals surface area contributed by atoms with Gasteiger partial charge in [0.1, 0.15) is 11.4 Å². The van der Waals surface area contributed by atoms with Gasteiger partial charge in [0.05, 0.1) is 12.2 Å². The van der Waals surface area contributed by atoms with Crippen molar-refractivity contribution in [1.82, 2.24) is 14.7 Å². The Bertz CT molecular complexity index is 762. The summed E-state index contributed by atoms with van der Waals surface area (Å²) in [6.45, 7) is 2.37. The molecule has 2 heterocycles. The number of amides is 1. The second-order valence-electron chi connectivity index (χ2n) is 5.08. The van der Waals surface area contributed by atoms with Crippen molar-refractivity contribution in [2.75, 3.05) is 6.61 Å². The summed E-state index contributed by atoms with van der Waals surface area (Å²) in [6.07, 6.45) is 3.82. The van der Waals surface area contributed by atoms with Gasteiger partial charge in [-0.1, -0.05) is 18.2 Å². The number of ether oxygens (including phenoxy) is 1. The predicted molar refractivity (Wildman–Crippen MR) is 83.7 cm³/mol. The Morgan fingerprint density at radius 3 is 3.00 bits per heavy atom. The molecule has 1 amide bonds. The van der Waals surface area contributed by atoms with Crippen LogP contribution in [0.15, 0.2) is 54.9 Å². The molecule has 0 spiro atoms. The molecule has 0 radical (unpaired) electrons. The van der Waals surface area contributed by atoms with Crippen molar-refractivity contribution in [2.24, 2.45) is 0 Å². The van der Waals surface area contributed by atoms with Gasteiger partial charge in [-0.25, -0.2) is 4.98 Å². The number of pyridine rings is 1. The van der Waals surface area contributed by atoms with Gasteiger partial charge in [-0.3, -0.25) is 4.79 Å². The first-order valence-electron chi connectivity index (χ1n) is 7.09. The van der Waals surface area contributed by atoms with E-state index in [1.807, 2.05) is 66.2 Å². The summed E-state index contributed by atoms with van der Waals surface area (Å²) in [5.41, 5.74) is 2.78. The van der Waals surface area contributed by atoms with Crippen molar-refractivity contribution in [2.45, 2.75) is 13.5 Å². The highest BCUT2D eigenvalue weighted by atomic mass is 16.5. The highest BCUT2D eigenvalue weighted by Crippen LogP contribution is 2.12. The smallest absolute Gasteiger partial charge is 0.258 e. The zero-order valence-electron chi connectivity index (χ0n) is 12.3. The first-order chi connectivity index (χ1) is 10.7. The number of hydrogen-bond donors (Lipinski definition) is 1. The van der Waals surface area contributed by atoms with Crippen LogP contribution in [0.2, 0.25) is 0 Å². The molecule has 0 aliphatic carbocycles. The van der Waals surface area contributed by atoms with Gasteiger partial charge in [-0.15, -0.1) is 0 Å². The molecule has 0 unspecified atom stereocenters. The fraction of sp³-hybridized carbons (Fsp3) is 0.176. The van der Waals surface area contributed by atoms with Crippen molar-refractivity contribution in [3.63, 3.8) is 0 Å². The summed E-state index contributed by atoms with van der Waals surface area (Å²) >= 11 is 0. The van der Waals surface area contributed by atoms with E-state index in [0.29, 0.717) is 12.3 Å². The minimum atomic E-state index is -0.168. The highest BCUT2D eigenvalue weighted by Gasteiger charge is 2.05. The molecule has 0 fully saturated rings. The number of rotatable bonds is 5. The van der Waals surface area contributed by atoms with Gasteiger partial charge < -0.3 is 14.5 Å². The van der Waals surface area contributed by atoms with Crippen molar-refractivity contribution >= 4 is 11.6 Å². The van der Waals surface area contributed by atoms with E-state index in [2.05, 4.69) is 10.3 Å². The Balaban J connectivity index is 1.51. The van der Waals surface area contributed by atoms with Gasteiger partial charge in [0.25, 0.3) is 5.91 Å². The Morgan fingerprint density at radius 2 is 2.18 bits per heavy atom. The molecule has 0 atom stereocenters. The van der Waals surface area contributed by atoms with Crippen molar-refractivity contribution < 1.29 is 9.53 Å². The van der Waals surface area contributed by atoms with Gasteiger partial charge in [-0.2, -0.15) is 0 Å². The number of aromatic nitrogens is 2. The molecule has 0 saturated carbocycles. The van der Waals surface area contributed by atoms with E-state index in [-0.39, 0.29) is 12.5 Å². The number of benzene rings is 1. The van der Waals surface area contributed by atoms with Crippen LogP contribution in [-0.4, -0.2) is 21.9 Å². The Morgan fingerprint density at radius 1 is 1.27 bits per heavy atom. The zero-order chi connectivity index (χ0) is 15.4. The second kappa shape index (κ2) is 6.30. The molecule has 1 N–H and O–H groups in total. The van der Waals surface area contributed by atoms with E-state index in [1.165, 1.54) is 0 Å². The Labute approximate surface area is 128 Å². The number of carbonyl (C=O) groups excluding carboxylic acids is 1. The van der Waals surface area contributed by atoms with Crippen LogP contribution >= 0.6 is 0 Å². The standard InChI is InChI=1S/C17H17N3O2/c1-13-5-4-6-15(9-13)22-12-17(21)18-10-14-11-20-8-3-2-7-16(20)19-14/h2-9,11H,10,12H2,1H3,(H,18,21). The summed E-state index contributed by atoms with van der Waals surface area (Å²) in [5, 5.41) is 2.81. The van der Waals surface area contributed by atoms with Crippen LogP contribution < -0.4 is 10.1 Å². The maximum atomic E-state index is 11.8. The summed E-state index contributed by atoms with van der Waals surface area (Å²) in [7, 11) is 0. The van der Waals surface area contributed by atoms with E-state index in [9.17, 15) is 4.79 Å². The molecule has 5 heteroatoms. The molecule has 0 saturated heterocycles. The summed E-state index contributed by atoms with van der Waals surface area (Å²) < 4.78 is 7.38. The molecule has 0 aliphatic heterocycles. The number of nitrogens with one attached hydrogen (secondary N) is 1. The van der Waals surface area contributed by atoms with E-state index in [0.717, 1.165) is 16.9 Å². The topological polar surface area (TPSA) is 55.6 Å². The molecular formula is C17H17N3O2. The Hall–Kier alpha value is -2.82. The molecule has 5 nitrogen and oxygen atoms in total. The molecule has 112 valence electrons. The minimum absolute atomic E-state index is 0.00315. The molecule has 0 bridgehead atoms. The summed E-state index contributed by atoms with van der Waals surface area (Å²) in [4.78, 5) is 16.2. The number of aryl methyl sites for hydroxylation is 1. The van der Waals surface area contributed by atoms with Gasteiger partial charge in [0.2, 0.25) is 0 Å². The first-order valence-corrected chi connectivity index (χ1v) is 7.09. The third-order valence-corrected chi connectivity index (χ3v) is 3.24. The Kier molecular flexibility index (Phi) is 4.05. The molecule has 3 rings (SSSR count). The zero-order valence-corrected chi connectivity index (χ0v) is 12.3. The molecule has 3 aromatic rings. The van der Waals surface area contributed by atoms with E-state index in [1.54, 1.807) is 0 Å². The maximum Gasteiger partial charge on any atom is 0.258 e. The third kappa shape index (κ3) is 3.44. The number of nitrogens with zero attached hydrogens (tertiary/aromatic N) is 2. The van der Waals surface area contributed by atoms with Gasteiger partial charge >= 0.3 is 0 Å². The number of fused-ring (bicyclic) bond motifs is 1. The minimum Gasteiger partial charge on any atom is -0.484 e. The van der Waals surface area contributed by atoms with Gasteiger partial charge in [0, 0.05) is 12.4 Å². The number of carbonyl (C=O) groups is 1. The van der Waals surface area contributed by atoms with Crippen LogP contribution in [0.1, 0.15) is 11.3 Å². The van der Waals surface area contributed by atoms with Crippen LogP contribution in [0.25, 0.3) is 5.65 Å². The van der Waals surface area contributed by atoms with E-state index in [4.69, 9.17) is 4.74 Å². The number of hydrogen-bond acceptors (Lipinski definition) is 3. The van der Waals surface area contributed by atoms with E-state index < -0.39 is 0 Å². The lowest BCUT2D eigenvalue weighted by molar-refractivity contribution is -0.123. The van der Waals surface area contributed by atoms with Crippen LogP contribution in [0, 0.1) is 6.92 Å². The van der Waals surface area contributed by atoms with Crippen molar-refractivity contribution in [1.29, 1.82) is 0 Å². The maximum absolute atomic E-state index is 11.8. The fourth-order valence-corrected chi connectivity index (χ4v) is 2.17. The normalized spacial score (nSPS) is 10.6. The lowest BCUT2D eigenvalue weighted by Crippen LogP contribution is -2.28. The van der Waals surface area contributed by atoms with Crippen LogP contribution in [0.5, 0.6) is 5.75 Å². The van der Waals surface area contributed by atoms with Gasteiger partial charge in [0.15, 0.2) is 6.61 Å². The van der Waals surface area contributed by atoms with Crippen molar-refractivity contribution in [3.8, 4) is 5.75 Å². The monoisotopic (exact) mass is 295 g/mol. The summed E-state index contributed by atoms with van der Waals surface area (Å²) in [6, 6.07) is 13.4. The van der Waals surface area contributed by atoms with Gasteiger partial charge in [-0.05, 0) is 36.8 Å². The number of imidazole rings is 1. The van der Waals surface area contributed by atoms with Crippen LogP contribution in [-0.2, 0) is 11.3 Å². The molecular weight excluding hydrogens is 278 g/mol. The largest absolute Gasteiger partial charge is 0.484 e. The molecule has 22 heavy (non-hydrogen) atoms. The van der Waals surface area contributed by atoms with Crippen LogP contribution in [0.3, 0.4) is 0 Å². The van der Waals surface area contributed by atoms with E-state index >= 15 is 0 Å². The lowest BCUT2D eigenvalue weighted by Gasteiger charge is -2.07. The fourth-order valence-electron chi connectivity index (χ4n) is 2.17. The molecule has 2 aromatic heterocycles. The average molecular weight is 295 g/mol. The van der Waals surface area contributed by atoms with Crippen LogP contribution in [0.4, 0.5) is 0 Å². The average Bonchev–Trinajstić information content (AvgIpc) is 2.94. The SMILES string of the molecule is Cc1cccc(OCC(=O)NCc2cn3ccccc3n2)c1. The summed E-state index contributed by atoms with van der Waals surface area (Å²) in [5.74, 6) is 0.529.